The van der Waals surface area contributed by atoms with Crippen LogP contribution in [0, 0.1) is 5.92 Å². The average molecular weight is 535 g/mol. The molecule has 0 spiro atoms. The SMILES string of the molecule is Cn1cc(-c2ccc(C3CC3NCC3CCN(Cc4ccc(C(N)=O)c(-c5ccccc5N)c4)CC3)cc2)cn1. The summed E-state index contributed by atoms with van der Waals surface area (Å²) < 4.78 is 1.84. The van der Waals surface area contributed by atoms with Gasteiger partial charge in [0.1, 0.15) is 0 Å². The van der Waals surface area contributed by atoms with Crippen molar-refractivity contribution in [2.75, 3.05) is 25.4 Å². The first kappa shape index (κ1) is 26.3. The Balaban J connectivity index is 0.986. The molecule has 5 N–H and O–H groups in total. The van der Waals surface area contributed by atoms with Gasteiger partial charge in [-0.15, -0.1) is 0 Å². The fourth-order valence-corrected chi connectivity index (χ4v) is 6.08. The van der Waals surface area contributed by atoms with Crippen LogP contribution in [0.1, 0.15) is 46.7 Å². The number of carbonyl (C=O) groups excluding carboxylic acids is 1. The van der Waals surface area contributed by atoms with Gasteiger partial charge >= 0.3 is 0 Å². The van der Waals surface area contributed by atoms with Crippen molar-refractivity contribution in [1.82, 2.24) is 20.0 Å². The first-order valence-electron chi connectivity index (χ1n) is 14.3. The van der Waals surface area contributed by atoms with Gasteiger partial charge in [-0.25, -0.2) is 0 Å². The number of anilines is 1. The van der Waals surface area contributed by atoms with Crippen LogP contribution in [0.5, 0.6) is 0 Å². The lowest BCUT2D eigenvalue weighted by Crippen LogP contribution is -2.37. The molecule has 1 saturated carbocycles. The highest BCUT2D eigenvalue weighted by Crippen LogP contribution is 2.41. The molecule has 2 unspecified atom stereocenters. The quantitative estimate of drug-likeness (QED) is 0.268. The predicted octanol–water partition coefficient (Wildman–Crippen LogP) is 4.79. The van der Waals surface area contributed by atoms with Gasteiger partial charge in [0.15, 0.2) is 0 Å². The van der Waals surface area contributed by atoms with Gasteiger partial charge < -0.3 is 16.8 Å². The third-order valence-corrected chi connectivity index (χ3v) is 8.55. The molecule has 1 amide bonds. The highest BCUT2D eigenvalue weighted by atomic mass is 16.1. The minimum atomic E-state index is -0.433. The van der Waals surface area contributed by atoms with Crippen LogP contribution in [0.15, 0.2) is 79.1 Å². The number of rotatable bonds is 9. The van der Waals surface area contributed by atoms with Gasteiger partial charge in [-0.3, -0.25) is 14.4 Å². The number of primary amides is 1. The Morgan fingerprint density at radius 1 is 1.00 bits per heavy atom. The van der Waals surface area contributed by atoms with Crippen LogP contribution < -0.4 is 16.8 Å². The lowest BCUT2D eigenvalue weighted by Gasteiger charge is -2.32. The Labute approximate surface area is 236 Å². The van der Waals surface area contributed by atoms with Crippen LogP contribution in [-0.2, 0) is 13.6 Å². The van der Waals surface area contributed by atoms with Crippen LogP contribution in [0.4, 0.5) is 5.69 Å². The molecule has 0 bridgehead atoms. The molecule has 1 aliphatic carbocycles. The molecule has 1 saturated heterocycles. The fourth-order valence-electron chi connectivity index (χ4n) is 6.08. The van der Waals surface area contributed by atoms with E-state index in [1.165, 1.54) is 36.0 Å². The molecule has 7 nitrogen and oxygen atoms in total. The van der Waals surface area contributed by atoms with E-state index in [0.717, 1.165) is 42.9 Å². The number of likely N-dealkylation sites (tertiary alicyclic amines) is 1. The van der Waals surface area contributed by atoms with E-state index in [1.54, 1.807) is 0 Å². The second kappa shape index (κ2) is 11.3. The molecule has 1 aliphatic heterocycles. The van der Waals surface area contributed by atoms with E-state index in [-0.39, 0.29) is 0 Å². The normalized spacial score (nSPS) is 19.5. The Bertz CT molecular complexity index is 1490. The summed E-state index contributed by atoms with van der Waals surface area (Å²) in [5.74, 6) is 0.902. The second-order valence-corrected chi connectivity index (χ2v) is 11.4. The van der Waals surface area contributed by atoms with Crippen LogP contribution in [0.25, 0.3) is 22.3 Å². The molecule has 6 rings (SSSR count). The van der Waals surface area contributed by atoms with Gasteiger partial charge in [-0.1, -0.05) is 48.5 Å². The number of piperidine rings is 1. The summed E-state index contributed by atoms with van der Waals surface area (Å²) in [6.07, 6.45) is 7.59. The van der Waals surface area contributed by atoms with Crippen molar-refractivity contribution in [1.29, 1.82) is 0 Å². The van der Waals surface area contributed by atoms with Crippen LogP contribution in [-0.4, -0.2) is 46.3 Å². The lowest BCUT2D eigenvalue weighted by molar-refractivity contribution is 0.100. The third-order valence-electron chi connectivity index (χ3n) is 8.55. The van der Waals surface area contributed by atoms with Crippen LogP contribution in [0.2, 0.25) is 0 Å². The van der Waals surface area contributed by atoms with E-state index < -0.39 is 5.91 Å². The van der Waals surface area contributed by atoms with Crippen LogP contribution >= 0.6 is 0 Å². The minimum Gasteiger partial charge on any atom is -0.398 e. The van der Waals surface area contributed by atoms with Crippen molar-refractivity contribution in [3.05, 3.63) is 95.8 Å². The Kier molecular flexibility index (Phi) is 7.41. The zero-order valence-electron chi connectivity index (χ0n) is 23.1. The maximum Gasteiger partial charge on any atom is 0.249 e. The number of para-hydroxylation sites is 1. The summed E-state index contributed by atoms with van der Waals surface area (Å²) in [6, 6.07) is 23.2. The summed E-state index contributed by atoms with van der Waals surface area (Å²) in [5.41, 5.74) is 19.7. The first-order chi connectivity index (χ1) is 19.4. The second-order valence-electron chi connectivity index (χ2n) is 11.4. The summed E-state index contributed by atoms with van der Waals surface area (Å²) in [7, 11) is 1.95. The molecule has 2 heterocycles. The maximum atomic E-state index is 12.1. The number of nitrogens with two attached hydrogens (primary N) is 2. The molecular formula is C33H38N6O. The highest BCUT2D eigenvalue weighted by Gasteiger charge is 2.38. The average Bonchev–Trinajstić information content (AvgIpc) is 3.62. The molecule has 2 atom stereocenters. The molecule has 4 aromatic rings. The number of aryl methyl sites for hydroxylation is 1. The van der Waals surface area contributed by atoms with Gasteiger partial charge in [0.05, 0.1) is 6.20 Å². The zero-order valence-corrected chi connectivity index (χ0v) is 23.1. The number of hydrogen-bond acceptors (Lipinski definition) is 5. The third kappa shape index (κ3) is 5.81. The van der Waals surface area contributed by atoms with E-state index in [0.29, 0.717) is 29.1 Å². The Hall–Kier alpha value is -3.94. The van der Waals surface area contributed by atoms with Gasteiger partial charge in [-0.05, 0) is 85.3 Å². The largest absolute Gasteiger partial charge is 0.398 e. The minimum absolute atomic E-state index is 0.433. The number of nitrogens with one attached hydrogen (secondary N) is 1. The van der Waals surface area contributed by atoms with E-state index in [1.807, 2.05) is 54.3 Å². The molecule has 7 heteroatoms. The molecule has 206 valence electrons. The molecule has 2 aliphatic rings. The monoisotopic (exact) mass is 534 g/mol. The number of aromatic nitrogens is 2. The summed E-state index contributed by atoms with van der Waals surface area (Å²) in [4.78, 5) is 14.6. The van der Waals surface area contributed by atoms with Gasteiger partial charge in [0, 0.05) is 54.1 Å². The highest BCUT2D eigenvalue weighted by molar-refractivity contribution is 6.01. The van der Waals surface area contributed by atoms with Crippen LogP contribution in [0.3, 0.4) is 0 Å². The number of benzene rings is 3. The van der Waals surface area contributed by atoms with Crippen molar-refractivity contribution >= 4 is 11.6 Å². The topological polar surface area (TPSA) is 102 Å². The number of nitrogen functional groups attached to an aromatic ring is 1. The zero-order chi connectivity index (χ0) is 27.6. The molecule has 0 radical (unpaired) electrons. The molecule has 2 fully saturated rings. The summed E-state index contributed by atoms with van der Waals surface area (Å²) in [5, 5.41) is 8.13. The van der Waals surface area contributed by atoms with Crippen molar-refractivity contribution in [3.63, 3.8) is 0 Å². The van der Waals surface area contributed by atoms with E-state index in [2.05, 4.69) is 51.8 Å². The smallest absolute Gasteiger partial charge is 0.249 e. The number of carbonyl (C=O) groups is 1. The number of nitrogens with zero attached hydrogens (tertiary/aromatic N) is 3. The Morgan fingerprint density at radius 2 is 1.77 bits per heavy atom. The predicted molar refractivity (Wildman–Crippen MR) is 161 cm³/mol. The Morgan fingerprint density at radius 3 is 2.48 bits per heavy atom. The lowest BCUT2D eigenvalue weighted by atomic mass is 9.94. The summed E-state index contributed by atoms with van der Waals surface area (Å²) in [6.45, 7) is 4.11. The molecule has 1 aromatic heterocycles. The van der Waals surface area contributed by atoms with Crippen molar-refractivity contribution in [2.24, 2.45) is 18.7 Å². The van der Waals surface area contributed by atoms with E-state index >= 15 is 0 Å². The molecule has 3 aromatic carbocycles. The van der Waals surface area contributed by atoms with Gasteiger partial charge in [0.2, 0.25) is 5.91 Å². The molecular weight excluding hydrogens is 496 g/mol. The maximum absolute atomic E-state index is 12.1. The van der Waals surface area contributed by atoms with Crippen molar-refractivity contribution in [2.45, 2.75) is 37.8 Å². The number of hydrogen-bond donors (Lipinski definition) is 3. The molecule has 40 heavy (non-hydrogen) atoms. The van der Waals surface area contributed by atoms with E-state index in [4.69, 9.17) is 11.5 Å². The summed E-state index contributed by atoms with van der Waals surface area (Å²) >= 11 is 0. The van der Waals surface area contributed by atoms with Crippen molar-refractivity contribution in [3.8, 4) is 22.3 Å². The standard InChI is InChI=1S/C33H38N6O/c1-38-21-26(19-37-38)24-7-9-25(10-8-24)29-17-32(29)36-18-22-12-14-39(15-13-22)20-23-6-11-28(33(35)40)30(16-23)27-4-2-3-5-31(27)34/h2-11,16,19,21-22,29,32,36H,12-15,17-18,20,34H2,1H3,(H2,35,40). The fraction of sp³-hybridized carbons (Fsp3) is 0.333. The first-order valence-corrected chi connectivity index (χ1v) is 14.3. The van der Waals surface area contributed by atoms with Crippen molar-refractivity contribution < 1.29 is 4.79 Å². The van der Waals surface area contributed by atoms with Gasteiger partial charge in [-0.2, -0.15) is 5.10 Å². The van der Waals surface area contributed by atoms with Gasteiger partial charge in [0.25, 0.3) is 0 Å². The van der Waals surface area contributed by atoms with E-state index in [9.17, 15) is 4.79 Å². The number of amides is 1.